The number of rotatable bonds is 0. The minimum atomic E-state index is 0. The second kappa shape index (κ2) is 13.1. The molecular formula is C5H5Cl4Zr. The first-order valence-electron chi connectivity index (χ1n) is 1.97. The first kappa shape index (κ1) is 22.5. The van der Waals surface area contributed by atoms with Gasteiger partial charge in [0, 0.05) is 0 Å². The van der Waals surface area contributed by atoms with Crippen molar-refractivity contribution in [1.82, 2.24) is 0 Å². The van der Waals surface area contributed by atoms with Crippen LogP contribution in [-0.4, -0.2) is 0 Å². The summed E-state index contributed by atoms with van der Waals surface area (Å²) in [6.07, 6.45) is 7.69. The summed E-state index contributed by atoms with van der Waals surface area (Å²) in [5, 5.41) is 0. The van der Waals surface area contributed by atoms with Gasteiger partial charge in [0.25, 0.3) is 0 Å². The molecule has 0 N–H and O–H groups in total. The molecule has 0 unspecified atom stereocenters. The van der Waals surface area contributed by atoms with Crippen LogP contribution in [0.15, 0.2) is 21.5 Å². The van der Waals surface area contributed by atoms with Crippen LogP contribution in [0.4, 0.5) is 0 Å². The van der Waals surface area contributed by atoms with Crippen LogP contribution in [0, 0.1) is 0 Å². The Morgan fingerprint density at radius 1 is 1.10 bits per heavy atom. The molecule has 0 atom stereocenters. The first-order chi connectivity index (χ1) is 2.89. The van der Waals surface area contributed by atoms with Gasteiger partial charge in [-0.1, -0.05) is 0 Å². The Morgan fingerprint density at radius 2 is 1.60 bits per heavy atom. The van der Waals surface area contributed by atoms with Crippen molar-refractivity contribution < 1.29 is 74.3 Å². The molecule has 0 fully saturated rings. The second-order valence-electron chi connectivity index (χ2n) is 1.32. The fourth-order valence-electron chi connectivity index (χ4n) is 0.447. The number of allylic oxidation sites excluding steroid dienone is 4. The maximum atomic E-state index is 2.18. The van der Waals surface area contributed by atoms with E-state index in [4.69, 9.17) is 0 Å². The molecule has 5 heteroatoms. The van der Waals surface area contributed by atoms with Gasteiger partial charge in [-0.15, -0.1) is 0 Å². The summed E-state index contributed by atoms with van der Waals surface area (Å²) < 4.78 is 1.56. The van der Waals surface area contributed by atoms with Crippen molar-refractivity contribution in [3.8, 4) is 0 Å². The van der Waals surface area contributed by atoms with Crippen molar-refractivity contribution in [2.24, 2.45) is 0 Å². The number of hydrogen-bond donors (Lipinski definition) is 0. The molecule has 1 aliphatic rings. The molecule has 0 aliphatic heterocycles. The van der Waals surface area contributed by atoms with Crippen LogP contribution in [0.3, 0.4) is 0 Å². The molecule has 0 radical (unpaired) electrons. The molecule has 1 rings (SSSR count). The van der Waals surface area contributed by atoms with Crippen molar-refractivity contribution >= 4 is 0 Å². The second-order valence-corrected chi connectivity index (χ2v) is 2.90. The Hall–Kier alpha value is 1.52. The van der Waals surface area contributed by atoms with Crippen molar-refractivity contribution in [2.45, 2.75) is 6.42 Å². The molecule has 0 aromatic rings. The zero-order valence-corrected chi connectivity index (χ0v) is 10.4. The fraction of sp³-hybridized carbons (Fsp3) is 0.200. The Kier molecular flexibility index (Phi) is 29.6. The van der Waals surface area contributed by atoms with Crippen molar-refractivity contribution in [3.63, 3.8) is 0 Å². The molecule has 57 valence electrons. The third-order valence-corrected chi connectivity index (χ3v) is 1.68. The van der Waals surface area contributed by atoms with E-state index < -0.39 is 0 Å². The van der Waals surface area contributed by atoms with Gasteiger partial charge in [-0.2, -0.15) is 0 Å². The van der Waals surface area contributed by atoms with Crippen LogP contribution in [0.1, 0.15) is 6.42 Å². The molecule has 0 amide bonds. The van der Waals surface area contributed by atoms with E-state index in [0.717, 1.165) is 0 Å². The molecule has 0 bridgehead atoms. The van der Waals surface area contributed by atoms with Gasteiger partial charge in [0.2, 0.25) is 0 Å². The van der Waals surface area contributed by atoms with E-state index in [0.29, 0.717) is 0 Å². The summed E-state index contributed by atoms with van der Waals surface area (Å²) in [6.45, 7) is 0. The predicted molar refractivity (Wildman–Crippen MR) is 21.8 cm³/mol. The van der Waals surface area contributed by atoms with E-state index in [1.165, 1.54) is 6.42 Å². The van der Waals surface area contributed by atoms with E-state index in [2.05, 4.69) is 18.2 Å². The molecule has 10 heavy (non-hydrogen) atoms. The van der Waals surface area contributed by atoms with Gasteiger partial charge < -0.3 is 49.6 Å². The van der Waals surface area contributed by atoms with Crippen LogP contribution >= 0.6 is 0 Å². The van der Waals surface area contributed by atoms with E-state index in [9.17, 15) is 0 Å². The van der Waals surface area contributed by atoms with Crippen LogP contribution in [-0.2, 0) is 24.7 Å². The monoisotopic (exact) mass is 295 g/mol. The summed E-state index contributed by atoms with van der Waals surface area (Å²) in [5.74, 6) is 0. The molecular weight excluding hydrogens is 293 g/mol. The summed E-state index contributed by atoms with van der Waals surface area (Å²) in [5.41, 5.74) is 0. The molecule has 1 aliphatic carbocycles. The summed E-state index contributed by atoms with van der Waals surface area (Å²) in [4.78, 5) is 0. The molecule has 0 nitrogen and oxygen atoms in total. The van der Waals surface area contributed by atoms with Crippen molar-refractivity contribution in [1.29, 1.82) is 0 Å². The van der Waals surface area contributed by atoms with E-state index >= 15 is 0 Å². The zero-order chi connectivity index (χ0) is 4.41. The minimum absolute atomic E-state index is 0. The summed E-state index contributed by atoms with van der Waals surface area (Å²) >= 11 is 1.56. The third-order valence-electron chi connectivity index (χ3n) is 0.771. The Morgan fingerprint density at radius 3 is 1.70 bits per heavy atom. The first-order valence-corrected chi connectivity index (χ1v) is 3.20. The van der Waals surface area contributed by atoms with Gasteiger partial charge in [-0.05, 0) is 0 Å². The molecule has 0 spiro atoms. The van der Waals surface area contributed by atoms with Crippen LogP contribution in [0.25, 0.3) is 0 Å². The standard InChI is InChI=1S/C5H5.4ClH.Zr/c1-2-4-5-3-1;;;;;/h1-3H,4H2;4*1H;/q;;;;;+4/p-4. The molecule has 0 saturated heterocycles. The van der Waals surface area contributed by atoms with E-state index in [1.54, 1.807) is 28.0 Å². The van der Waals surface area contributed by atoms with Gasteiger partial charge in [0.15, 0.2) is 0 Å². The maximum absolute atomic E-state index is 2.18. The average Bonchev–Trinajstić information content (AvgIpc) is 1.86. The van der Waals surface area contributed by atoms with Crippen molar-refractivity contribution in [3.05, 3.63) is 21.5 Å². The molecule has 0 heterocycles. The topological polar surface area (TPSA) is 0 Å². The summed E-state index contributed by atoms with van der Waals surface area (Å²) in [7, 11) is 0. The van der Waals surface area contributed by atoms with Crippen LogP contribution < -0.4 is 49.6 Å². The SMILES string of the molecule is [Cl-].[Cl-].[Cl-].[Cl-].[Zr+4][C]1=CC=CC1. The van der Waals surface area contributed by atoms with Crippen LogP contribution in [0.2, 0.25) is 0 Å². The molecule has 0 aromatic carbocycles. The number of hydrogen-bond acceptors (Lipinski definition) is 0. The Bertz CT molecular complexity index is 110. The van der Waals surface area contributed by atoms with E-state index in [1.807, 2.05) is 0 Å². The third kappa shape index (κ3) is 9.52. The normalized spacial score (nSPS) is 11.2. The van der Waals surface area contributed by atoms with Gasteiger partial charge in [-0.25, -0.2) is 0 Å². The Labute approximate surface area is 101 Å². The average molecular weight is 298 g/mol. The molecule has 0 aromatic heterocycles. The summed E-state index contributed by atoms with van der Waals surface area (Å²) in [6, 6.07) is 0. The number of halogens is 4. The van der Waals surface area contributed by atoms with Crippen LogP contribution in [0.5, 0.6) is 0 Å². The fourth-order valence-corrected chi connectivity index (χ4v) is 0.973. The van der Waals surface area contributed by atoms with Crippen molar-refractivity contribution in [2.75, 3.05) is 0 Å². The predicted octanol–water partition coefficient (Wildman–Crippen LogP) is -10.6. The molecule has 0 saturated carbocycles. The van der Waals surface area contributed by atoms with Gasteiger partial charge in [-0.3, -0.25) is 0 Å². The van der Waals surface area contributed by atoms with Gasteiger partial charge in [0.1, 0.15) is 0 Å². The zero-order valence-electron chi connectivity index (χ0n) is 4.95. The van der Waals surface area contributed by atoms with Gasteiger partial charge in [0.05, 0.1) is 0 Å². The van der Waals surface area contributed by atoms with Gasteiger partial charge >= 0.3 is 52.6 Å². The quantitative estimate of drug-likeness (QED) is 0.417. The van der Waals surface area contributed by atoms with E-state index in [-0.39, 0.29) is 49.6 Å². The Balaban J connectivity index is -0.0000000450.